The van der Waals surface area contributed by atoms with E-state index in [1.807, 2.05) is 0 Å². The molecule has 0 saturated carbocycles. The molecular formula is C10H13N3S2. The molecule has 0 amide bonds. The van der Waals surface area contributed by atoms with Gasteiger partial charge in [0, 0.05) is 0 Å². The van der Waals surface area contributed by atoms with Crippen LogP contribution in [0.3, 0.4) is 0 Å². The molecule has 2 rings (SSSR count). The zero-order valence-electron chi connectivity index (χ0n) is 8.73. The highest BCUT2D eigenvalue weighted by Gasteiger charge is 2.13. The van der Waals surface area contributed by atoms with Crippen molar-refractivity contribution >= 4 is 22.7 Å². The molecule has 2 heterocycles. The molecule has 1 atom stereocenters. The minimum absolute atomic E-state index is 0.0246. The molecule has 5 heteroatoms. The van der Waals surface area contributed by atoms with Crippen molar-refractivity contribution in [3.63, 3.8) is 0 Å². The number of thiophene rings is 1. The van der Waals surface area contributed by atoms with Gasteiger partial charge in [-0.05, 0) is 30.4 Å². The molecule has 0 aliphatic heterocycles. The topological polar surface area (TPSA) is 51.8 Å². The summed E-state index contributed by atoms with van der Waals surface area (Å²) in [5, 5.41) is 12.3. The van der Waals surface area contributed by atoms with Crippen LogP contribution >= 0.6 is 22.7 Å². The maximum absolute atomic E-state index is 5.91. The summed E-state index contributed by atoms with van der Waals surface area (Å²) in [5.74, 6) is 0. The first-order valence-corrected chi connectivity index (χ1v) is 6.55. The molecule has 0 spiro atoms. The Hall–Kier alpha value is -0.780. The van der Waals surface area contributed by atoms with Crippen molar-refractivity contribution in [2.75, 3.05) is 0 Å². The predicted octanol–water partition coefficient (Wildman–Crippen LogP) is 2.98. The van der Waals surface area contributed by atoms with Crippen molar-refractivity contribution in [1.82, 2.24) is 10.2 Å². The molecule has 0 aliphatic carbocycles. The molecule has 0 fully saturated rings. The van der Waals surface area contributed by atoms with E-state index in [0.29, 0.717) is 0 Å². The van der Waals surface area contributed by atoms with Gasteiger partial charge in [0.25, 0.3) is 0 Å². The van der Waals surface area contributed by atoms with E-state index >= 15 is 0 Å². The summed E-state index contributed by atoms with van der Waals surface area (Å²) in [5.41, 5.74) is 7.17. The van der Waals surface area contributed by atoms with E-state index in [-0.39, 0.29) is 6.04 Å². The largest absolute Gasteiger partial charge is 0.322 e. The third-order valence-electron chi connectivity index (χ3n) is 2.25. The number of hydrogen-bond donors (Lipinski definition) is 1. The first kappa shape index (κ1) is 10.7. The normalized spacial score (nSPS) is 13.0. The fourth-order valence-electron chi connectivity index (χ4n) is 1.24. The van der Waals surface area contributed by atoms with Crippen molar-refractivity contribution in [3.8, 4) is 9.88 Å². The molecule has 2 N–H and O–H groups in total. The Kier molecular flexibility index (Phi) is 3.14. The van der Waals surface area contributed by atoms with Gasteiger partial charge in [-0.1, -0.05) is 18.3 Å². The van der Waals surface area contributed by atoms with Gasteiger partial charge in [0.2, 0.25) is 0 Å². The average molecular weight is 239 g/mol. The van der Waals surface area contributed by atoms with Gasteiger partial charge in [-0.3, -0.25) is 0 Å². The fraction of sp³-hybridized carbons (Fsp3) is 0.400. The third-order valence-corrected chi connectivity index (χ3v) is 4.48. The van der Waals surface area contributed by atoms with Crippen LogP contribution in [0.25, 0.3) is 9.88 Å². The van der Waals surface area contributed by atoms with Crippen LogP contribution in [0.1, 0.15) is 30.0 Å². The minimum atomic E-state index is 0.0246. The predicted molar refractivity (Wildman–Crippen MR) is 65.2 cm³/mol. The van der Waals surface area contributed by atoms with Crippen LogP contribution in [0, 0.1) is 6.92 Å². The minimum Gasteiger partial charge on any atom is -0.322 e. The SMILES string of the molecule is CCC(N)c1nnc(-c2sccc2C)s1. The van der Waals surface area contributed by atoms with Gasteiger partial charge in [0.05, 0.1) is 10.9 Å². The molecule has 15 heavy (non-hydrogen) atoms. The summed E-state index contributed by atoms with van der Waals surface area (Å²) in [6, 6.07) is 2.12. The van der Waals surface area contributed by atoms with Crippen LogP contribution in [0.4, 0.5) is 0 Å². The van der Waals surface area contributed by atoms with Crippen LogP contribution in [0.2, 0.25) is 0 Å². The monoisotopic (exact) mass is 239 g/mol. The average Bonchev–Trinajstić information content (AvgIpc) is 2.84. The van der Waals surface area contributed by atoms with Crippen molar-refractivity contribution < 1.29 is 0 Å². The number of nitrogens with two attached hydrogens (primary N) is 1. The smallest absolute Gasteiger partial charge is 0.158 e. The maximum Gasteiger partial charge on any atom is 0.158 e. The second-order valence-corrected chi connectivity index (χ2v) is 5.32. The lowest BCUT2D eigenvalue weighted by atomic mass is 10.3. The fourth-order valence-corrected chi connectivity index (χ4v) is 3.25. The van der Waals surface area contributed by atoms with E-state index < -0.39 is 0 Å². The first-order chi connectivity index (χ1) is 7.22. The molecule has 2 aromatic rings. The number of hydrogen-bond acceptors (Lipinski definition) is 5. The van der Waals surface area contributed by atoms with Crippen molar-refractivity contribution in [2.45, 2.75) is 26.3 Å². The molecule has 1 unspecified atom stereocenters. The third kappa shape index (κ3) is 2.09. The molecule has 0 radical (unpaired) electrons. The Morgan fingerprint density at radius 3 is 2.87 bits per heavy atom. The highest BCUT2D eigenvalue weighted by Crippen LogP contribution is 2.32. The van der Waals surface area contributed by atoms with Crippen molar-refractivity contribution in [1.29, 1.82) is 0 Å². The zero-order valence-corrected chi connectivity index (χ0v) is 10.4. The van der Waals surface area contributed by atoms with E-state index in [1.165, 1.54) is 10.4 Å². The zero-order chi connectivity index (χ0) is 10.8. The number of aromatic nitrogens is 2. The molecule has 0 saturated heterocycles. The number of rotatable bonds is 3. The Balaban J connectivity index is 2.32. The van der Waals surface area contributed by atoms with Crippen molar-refractivity contribution in [3.05, 3.63) is 22.0 Å². The van der Waals surface area contributed by atoms with Crippen LogP contribution < -0.4 is 5.73 Å². The Bertz CT molecular complexity index is 447. The van der Waals surface area contributed by atoms with Gasteiger partial charge >= 0.3 is 0 Å². The number of aryl methyl sites for hydroxylation is 1. The summed E-state index contributed by atoms with van der Waals surface area (Å²) >= 11 is 3.30. The summed E-state index contributed by atoms with van der Waals surface area (Å²) in [6.45, 7) is 4.15. The van der Waals surface area contributed by atoms with Gasteiger partial charge in [0.1, 0.15) is 5.01 Å². The van der Waals surface area contributed by atoms with Gasteiger partial charge in [0.15, 0.2) is 5.01 Å². The van der Waals surface area contributed by atoms with Gasteiger partial charge in [-0.25, -0.2) is 0 Å². The maximum atomic E-state index is 5.91. The second-order valence-electron chi connectivity index (χ2n) is 3.39. The van der Waals surface area contributed by atoms with Crippen molar-refractivity contribution in [2.24, 2.45) is 5.73 Å². The number of nitrogens with zero attached hydrogens (tertiary/aromatic N) is 2. The van der Waals surface area contributed by atoms with Gasteiger partial charge in [-0.15, -0.1) is 21.5 Å². The molecule has 0 aliphatic rings. The lowest BCUT2D eigenvalue weighted by Crippen LogP contribution is -2.07. The van der Waals surface area contributed by atoms with Crippen LogP contribution in [0.15, 0.2) is 11.4 Å². The lowest BCUT2D eigenvalue weighted by molar-refractivity contribution is 0.683. The quantitative estimate of drug-likeness (QED) is 0.895. The van der Waals surface area contributed by atoms with E-state index in [0.717, 1.165) is 16.4 Å². The Morgan fingerprint density at radius 1 is 1.47 bits per heavy atom. The van der Waals surface area contributed by atoms with Crippen LogP contribution in [0.5, 0.6) is 0 Å². The Morgan fingerprint density at radius 2 is 2.27 bits per heavy atom. The molecule has 3 nitrogen and oxygen atoms in total. The highest BCUT2D eigenvalue weighted by atomic mass is 32.1. The molecule has 0 bridgehead atoms. The second kappa shape index (κ2) is 4.38. The first-order valence-electron chi connectivity index (χ1n) is 4.85. The standard InChI is InChI=1S/C10H13N3S2/c1-3-7(11)9-12-13-10(15-9)8-6(2)4-5-14-8/h4-5,7H,3,11H2,1-2H3. The molecule has 0 aromatic carbocycles. The molecular weight excluding hydrogens is 226 g/mol. The summed E-state index contributed by atoms with van der Waals surface area (Å²) in [7, 11) is 0. The Labute approximate surface area is 97.0 Å². The van der Waals surface area contributed by atoms with E-state index in [1.54, 1.807) is 22.7 Å². The van der Waals surface area contributed by atoms with Gasteiger partial charge in [-0.2, -0.15) is 0 Å². The molecule has 2 aromatic heterocycles. The lowest BCUT2D eigenvalue weighted by Gasteiger charge is -2.00. The van der Waals surface area contributed by atoms with Crippen LogP contribution in [-0.4, -0.2) is 10.2 Å². The van der Waals surface area contributed by atoms with E-state index in [2.05, 4.69) is 35.5 Å². The van der Waals surface area contributed by atoms with E-state index in [4.69, 9.17) is 5.73 Å². The van der Waals surface area contributed by atoms with Gasteiger partial charge < -0.3 is 5.73 Å². The summed E-state index contributed by atoms with van der Waals surface area (Å²) < 4.78 is 0. The van der Waals surface area contributed by atoms with Crippen LogP contribution in [-0.2, 0) is 0 Å². The highest BCUT2D eigenvalue weighted by molar-refractivity contribution is 7.20. The molecule has 80 valence electrons. The van der Waals surface area contributed by atoms with E-state index in [9.17, 15) is 0 Å². The summed E-state index contributed by atoms with van der Waals surface area (Å²) in [4.78, 5) is 1.21. The summed E-state index contributed by atoms with van der Waals surface area (Å²) in [6.07, 6.45) is 0.901.